The van der Waals surface area contributed by atoms with Crippen LogP contribution >= 0.6 is 11.6 Å². The number of ether oxygens (including phenoxy) is 1. The predicted molar refractivity (Wildman–Crippen MR) is 77.2 cm³/mol. The summed E-state index contributed by atoms with van der Waals surface area (Å²) in [7, 11) is 1.47. The zero-order chi connectivity index (χ0) is 15.4. The van der Waals surface area contributed by atoms with Crippen LogP contribution in [0, 0.1) is 11.3 Å². The van der Waals surface area contributed by atoms with Crippen molar-refractivity contribution in [3.8, 4) is 11.8 Å². The molecule has 1 aromatic carbocycles. The molecule has 0 saturated carbocycles. The van der Waals surface area contributed by atoms with Crippen LogP contribution in [0.2, 0.25) is 5.02 Å². The van der Waals surface area contributed by atoms with Crippen molar-refractivity contribution in [1.29, 1.82) is 5.26 Å². The van der Waals surface area contributed by atoms with Crippen LogP contribution in [0.1, 0.15) is 16.1 Å². The van der Waals surface area contributed by atoms with Gasteiger partial charge in [-0.1, -0.05) is 17.7 Å². The molecule has 1 aromatic heterocycles. The molecule has 0 aliphatic rings. The number of nitrogens with zero attached hydrogens (tertiary/aromatic N) is 2. The van der Waals surface area contributed by atoms with E-state index >= 15 is 0 Å². The molecule has 0 radical (unpaired) electrons. The highest BCUT2D eigenvalue weighted by atomic mass is 35.5. The Morgan fingerprint density at radius 1 is 1.43 bits per heavy atom. The van der Waals surface area contributed by atoms with Gasteiger partial charge in [0.15, 0.2) is 5.69 Å². The van der Waals surface area contributed by atoms with Gasteiger partial charge >= 0.3 is 5.97 Å². The van der Waals surface area contributed by atoms with Crippen molar-refractivity contribution < 1.29 is 14.6 Å². The number of anilines is 2. The van der Waals surface area contributed by atoms with Crippen molar-refractivity contribution in [1.82, 2.24) is 4.98 Å². The Balaban J connectivity index is 2.46. The predicted octanol–water partition coefficient (Wildman–Crippen LogP) is 3.06. The lowest BCUT2D eigenvalue weighted by molar-refractivity contribution is 0.0691. The number of hydrogen-bond donors (Lipinski definition) is 2. The molecule has 0 unspecified atom stereocenters. The molecule has 0 spiro atoms. The number of rotatable bonds is 4. The number of aromatic carboxylic acids is 1. The van der Waals surface area contributed by atoms with Crippen LogP contribution in [0.5, 0.6) is 5.75 Å². The van der Waals surface area contributed by atoms with Gasteiger partial charge in [-0.2, -0.15) is 5.26 Å². The fraction of sp³-hybridized carbons (Fsp3) is 0.0714. The molecule has 106 valence electrons. The highest BCUT2D eigenvalue weighted by Gasteiger charge is 2.14. The first kappa shape index (κ1) is 14.6. The molecular formula is C14H10ClN3O3. The molecule has 7 heteroatoms. The molecule has 0 amide bonds. The second-order valence-electron chi connectivity index (χ2n) is 3.95. The maximum absolute atomic E-state index is 11.0. The summed E-state index contributed by atoms with van der Waals surface area (Å²) in [5.41, 5.74) is 0.492. The van der Waals surface area contributed by atoms with E-state index in [-0.39, 0.29) is 16.5 Å². The number of pyridine rings is 1. The van der Waals surface area contributed by atoms with E-state index in [1.807, 2.05) is 6.07 Å². The van der Waals surface area contributed by atoms with Gasteiger partial charge in [0.2, 0.25) is 0 Å². The normalized spacial score (nSPS) is 9.76. The topological polar surface area (TPSA) is 95.2 Å². The van der Waals surface area contributed by atoms with Crippen molar-refractivity contribution in [2.24, 2.45) is 0 Å². The molecule has 0 fully saturated rings. The number of para-hydroxylation sites is 1. The number of nitriles is 1. The Morgan fingerprint density at radius 2 is 2.19 bits per heavy atom. The lowest BCUT2D eigenvalue weighted by Crippen LogP contribution is -2.05. The van der Waals surface area contributed by atoms with E-state index in [2.05, 4.69) is 10.3 Å². The first-order valence-electron chi connectivity index (χ1n) is 5.80. The standard InChI is InChI=1S/C14H10ClN3O3/c1-21-10-4-2-3-8(7-16)12(10)17-11-6-5-9(15)13(18-11)14(19)20/h2-6H,1H3,(H,17,18)(H,19,20). The average molecular weight is 304 g/mol. The van der Waals surface area contributed by atoms with Crippen LogP contribution in [-0.2, 0) is 0 Å². The highest BCUT2D eigenvalue weighted by molar-refractivity contribution is 6.33. The van der Waals surface area contributed by atoms with Crippen LogP contribution < -0.4 is 10.1 Å². The summed E-state index contributed by atoms with van der Waals surface area (Å²) in [4.78, 5) is 14.9. The fourth-order valence-electron chi connectivity index (χ4n) is 1.71. The van der Waals surface area contributed by atoms with Crippen molar-refractivity contribution in [2.45, 2.75) is 0 Å². The maximum atomic E-state index is 11.0. The van der Waals surface area contributed by atoms with Gasteiger partial charge in [-0.15, -0.1) is 0 Å². The van der Waals surface area contributed by atoms with Crippen LogP contribution in [-0.4, -0.2) is 23.2 Å². The van der Waals surface area contributed by atoms with Crippen molar-refractivity contribution in [3.63, 3.8) is 0 Å². The largest absolute Gasteiger partial charge is 0.495 e. The summed E-state index contributed by atoms with van der Waals surface area (Å²) in [6.07, 6.45) is 0. The summed E-state index contributed by atoms with van der Waals surface area (Å²) >= 11 is 5.76. The number of hydrogen-bond acceptors (Lipinski definition) is 5. The zero-order valence-electron chi connectivity index (χ0n) is 10.9. The van der Waals surface area contributed by atoms with Gasteiger partial charge in [0.05, 0.1) is 17.7 Å². The van der Waals surface area contributed by atoms with Crippen molar-refractivity contribution in [2.75, 3.05) is 12.4 Å². The quantitative estimate of drug-likeness (QED) is 0.901. The van der Waals surface area contributed by atoms with Gasteiger partial charge in [-0.3, -0.25) is 0 Å². The first-order valence-corrected chi connectivity index (χ1v) is 6.18. The van der Waals surface area contributed by atoms with Crippen LogP contribution in [0.15, 0.2) is 30.3 Å². The number of benzene rings is 1. The Bertz CT molecular complexity index is 741. The monoisotopic (exact) mass is 303 g/mol. The molecule has 6 nitrogen and oxygen atoms in total. The number of methoxy groups -OCH3 is 1. The SMILES string of the molecule is COc1cccc(C#N)c1Nc1ccc(Cl)c(C(=O)O)n1. The number of nitrogens with one attached hydrogen (secondary N) is 1. The van der Waals surface area contributed by atoms with Gasteiger partial charge in [0.25, 0.3) is 0 Å². The Labute approximate surface area is 125 Å². The Morgan fingerprint density at radius 3 is 2.81 bits per heavy atom. The van der Waals surface area contributed by atoms with E-state index < -0.39 is 5.97 Å². The second kappa shape index (κ2) is 6.11. The molecular weight excluding hydrogens is 294 g/mol. The zero-order valence-corrected chi connectivity index (χ0v) is 11.7. The molecule has 0 bridgehead atoms. The second-order valence-corrected chi connectivity index (χ2v) is 4.36. The van der Waals surface area contributed by atoms with Crippen LogP contribution in [0.25, 0.3) is 0 Å². The minimum Gasteiger partial charge on any atom is -0.495 e. The van der Waals surface area contributed by atoms with E-state index in [0.29, 0.717) is 17.0 Å². The minimum atomic E-state index is -1.23. The van der Waals surface area contributed by atoms with E-state index in [4.69, 9.17) is 26.7 Å². The molecule has 0 saturated heterocycles. The molecule has 21 heavy (non-hydrogen) atoms. The number of halogens is 1. The Kier molecular flexibility index (Phi) is 4.26. The molecule has 2 aromatic rings. The lowest BCUT2D eigenvalue weighted by Gasteiger charge is -2.12. The summed E-state index contributed by atoms with van der Waals surface area (Å²) in [5.74, 6) is -0.537. The molecule has 1 heterocycles. The summed E-state index contributed by atoms with van der Waals surface area (Å²) in [6, 6.07) is 9.93. The van der Waals surface area contributed by atoms with E-state index in [1.54, 1.807) is 18.2 Å². The van der Waals surface area contributed by atoms with Crippen LogP contribution in [0.3, 0.4) is 0 Å². The number of aromatic nitrogens is 1. The Hall–Kier alpha value is -2.78. The third-order valence-electron chi connectivity index (χ3n) is 2.67. The van der Waals surface area contributed by atoms with E-state index in [9.17, 15) is 4.79 Å². The van der Waals surface area contributed by atoms with E-state index in [0.717, 1.165) is 0 Å². The summed E-state index contributed by atoms with van der Waals surface area (Å²) in [6.45, 7) is 0. The van der Waals surface area contributed by atoms with Gasteiger partial charge in [-0.25, -0.2) is 9.78 Å². The summed E-state index contributed by atoms with van der Waals surface area (Å²) in [5, 5.41) is 21.0. The number of carboxylic acids is 1. The lowest BCUT2D eigenvalue weighted by atomic mass is 10.1. The smallest absolute Gasteiger partial charge is 0.356 e. The van der Waals surface area contributed by atoms with Gasteiger partial charge in [0.1, 0.15) is 23.3 Å². The molecule has 0 atom stereocenters. The summed E-state index contributed by atoms with van der Waals surface area (Å²) < 4.78 is 5.18. The molecule has 2 rings (SSSR count). The first-order chi connectivity index (χ1) is 10.1. The third-order valence-corrected chi connectivity index (χ3v) is 2.97. The molecule has 0 aliphatic heterocycles. The maximum Gasteiger partial charge on any atom is 0.356 e. The fourth-order valence-corrected chi connectivity index (χ4v) is 1.90. The third kappa shape index (κ3) is 3.04. The molecule has 2 N–H and O–H groups in total. The van der Waals surface area contributed by atoms with E-state index in [1.165, 1.54) is 19.2 Å². The number of carboxylic acid groups (broad SMARTS) is 1. The average Bonchev–Trinajstić information content (AvgIpc) is 2.49. The van der Waals surface area contributed by atoms with Crippen molar-refractivity contribution in [3.05, 3.63) is 46.6 Å². The van der Waals surface area contributed by atoms with Gasteiger partial charge in [-0.05, 0) is 24.3 Å². The minimum absolute atomic E-state index is 0.0357. The van der Waals surface area contributed by atoms with Gasteiger partial charge < -0.3 is 15.2 Å². The highest BCUT2D eigenvalue weighted by Crippen LogP contribution is 2.31. The molecule has 0 aliphatic carbocycles. The van der Waals surface area contributed by atoms with Crippen molar-refractivity contribution >= 4 is 29.1 Å². The van der Waals surface area contributed by atoms with Crippen LogP contribution in [0.4, 0.5) is 11.5 Å². The van der Waals surface area contributed by atoms with Gasteiger partial charge in [0, 0.05) is 0 Å². The number of carbonyl (C=O) groups is 1.